The van der Waals surface area contributed by atoms with Crippen LogP contribution in [-0.2, 0) is 11.3 Å². The van der Waals surface area contributed by atoms with Gasteiger partial charge in [-0.3, -0.25) is 4.79 Å². The average Bonchev–Trinajstić information content (AvgIpc) is 3.27. The molecule has 5 nitrogen and oxygen atoms in total. The predicted octanol–water partition coefficient (Wildman–Crippen LogP) is 4.35. The van der Waals surface area contributed by atoms with E-state index >= 15 is 0 Å². The molecule has 0 spiro atoms. The molecule has 1 atom stereocenters. The van der Waals surface area contributed by atoms with Crippen molar-refractivity contribution in [2.24, 2.45) is 0 Å². The third-order valence-corrected chi connectivity index (χ3v) is 5.11. The molecule has 138 valence electrons. The highest BCUT2D eigenvalue weighted by atomic mass is 35.5. The van der Waals surface area contributed by atoms with E-state index in [9.17, 15) is 9.18 Å². The lowest BCUT2D eigenvalue weighted by Crippen LogP contribution is -2.24. The third kappa shape index (κ3) is 3.57. The number of amides is 1. The Labute approximate surface area is 160 Å². The minimum absolute atomic E-state index is 0.0377. The maximum Gasteiger partial charge on any atom is 0.232 e. The van der Waals surface area contributed by atoms with Gasteiger partial charge in [-0.15, -0.1) is 0 Å². The summed E-state index contributed by atoms with van der Waals surface area (Å²) in [5, 5.41) is 3.96. The van der Waals surface area contributed by atoms with Crippen LogP contribution in [0.1, 0.15) is 29.4 Å². The molecule has 3 aromatic rings. The van der Waals surface area contributed by atoms with Crippen LogP contribution in [0.5, 0.6) is 0 Å². The van der Waals surface area contributed by atoms with Gasteiger partial charge in [0.15, 0.2) is 0 Å². The summed E-state index contributed by atoms with van der Waals surface area (Å²) in [7, 11) is 0. The van der Waals surface area contributed by atoms with E-state index in [1.54, 1.807) is 11.0 Å². The van der Waals surface area contributed by atoms with E-state index in [0.29, 0.717) is 31.0 Å². The van der Waals surface area contributed by atoms with Crippen LogP contribution in [0.3, 0.4) is 0 Å². The summed E-state index contributed by atoms with van der Waals surface area (Å²) < 4.78 is 19.0. The second-order valence-corrected chi connectivity index (χ2v) is 7.09. The maximum atomic E-state index is 13.6. The van der Waals surface area contributed by atoms with Crippen LogP contribution >= 0.6 is 11.6 Å². The highest BCUT2D eigenvalue weighted by molar-refractivity contribution is 6.30. The fourth-order valence-electron chi connectivity index (χ4n) is 3.24. The van der Waals surface area contributed by atoms with Gasteiger partial charge in [0.1, 0.15) is 5.82 Å². The monoisotopic (exact) mass is 385 g/mol. The van der Waals surface area contributed by atoms with Crippen LogP contribution in [-0.4, -0.2) is 27.5 Å². The Balaban J connectivity index is 1.50. The molecule has 0 bridgehead atoms. The van der Waals surface area contributed by atoms with Gasteiger partial charge in [-0.2, -0.15) is 4.98 Å². The SMILES string of the molecule is Cc1ccccc1CN1CC(c2nc(-c3ccc(Cl)c(F)c3)no2)CC1=O. The van der Waals surface area contributed by atoms with Crippen LogP contribution in [0.15, 0.2) is 47.0 Å². The highest BCUT2D eigenvalue weighted by Gasteiger charge is 2.34. The summed E-state index contributed by atoms with van der Waals surface area (Å²) in [4.78, 5) is 18.6. The average molecular weight is 386 g/mol. The molecule has 1 unspecified atom stereocenters. The predicted molar refractivity (Wildman–Crippen MR) is 98.7 cm³/mol. The topological polar surface area (TPSA) is 59.2 Å². The number of hydrogen-bond acceptors (Lipinski definition) is 4. The first-order valence-electron chi connectivity index (χ1n) is 8.62. The molecule has 2 aromatic carbocycles. The molecule has 4 rings (SSSR count). The first-order chi connectivity index (χ1) is 13.0. The van der Waals surface area contributed by atoms with Crippen molar-refractivity contribution in [2.45, 2.75) is 25.8 Å². The number of carbonyl (C=O) groups is 1. The molecule has 7 heteroatoms. The van der Waals surface area contributed by atoms with Crippen LogP contribution in [0.25, 0.3) is 11.4 Å². The largest absolute Gasteiger partial charge is 0.339 e. The van der Waals surface area contributed by atoms with Crippen molar-refractivity contribution >= 4 is 17.5 Å². The van der Waals surface area contributed by atoms with Gasteiger partial charge in [0.25, 0.3) is 0 Å². The van der Waals surface area contributed by atoms with Gasteiger partial charge in [-0.1, -0.05) is 41.0 Å². The molecule has 2 heterocycles. The molecule has 1 saturated heterocycles. The van der Waals surface area contributed by atoms with E-state index in [1.165, 1.54) is 12.1 Å². The summed E-state index contributed by atoms with van der Waals surface area (Å²) in [6, 6.07) is 12.3. The van der Waals surface area contributed by atoms with E-state index < -0.39 is 5.82 Å². The fourth-order valence-corrected chi connectivity index (χ4v) is 3.35. The smallest absolute Gasteiger partial charge is 0.232 e. The minimum Gasteiger partial charge on any atom is -0.339 e. The second-order valence-electron chi connectivity index (χ2n) is 6.69. The molecule has 0 radical (unpaired) electrons. The molecule has 1 aromatic heterocycles. The summed E-state index contributed by atoms with van der Waals surface area (Å²) in [5.74, 6) is 0.0211. The summed E-state index contributed by atoms with van der Waals surface area (Å²) in [6.07, 6.45) is 0.322. The maximum absolute atomic E-state index is 13.6. The van der Waals surface area contributed by atoms with Gasteiger partial charge in [0, 0.05) is 25.1 Å². The normalized spacial score (nSPS) is 16.9. The number of benzene rings is 2. The van der Waals surface area contributed by atoms with Gasteiger partial charge in [0.2, 0.25) is 17.6 Å². The zero-order chi connectivity index (χ0) is 19.0. The fraction of sp³-hybridized carbons (Fsp3) is 0.250. The highest BCUT2D eigenvalue weighted by Crippen LogP contribution is 2.30. The van der Waals surface area contributed by atoms with Crippen LogP contribution in [0.4, 0.5) is 4.39 Å². The molecular formula is C20H17ClFN3O2. The molecule has 0 saturated carbocycles. The van der Waals surface area contributed by atoms with Crippen molar-refractivity contribution in [3.05, 3.63) is 70.3 Å². The van der Waals surface area contributed by atoms with E-state index in [1.807, 2.05) is 31.2 Å². The van der Waals surface area contributed by atoms with Crippen molar-refractivity contribution in [3.8, 4) is 11.4 Å². The van der Waals surface area contributed by atoms with E-state index in [-0.39, 0.29) is 22.7 Å². The minimum atomic E-state index is -0.541. The Morgan fingerprint density at radius 1 is 1.30 bits per heavy atom. The van der Waals surface area contributed by atoms with Crippen molar-refractivity contribution in [1.82, 2.24) is 15.0 Å². The van der Waals surface area contributed by atoms with Crippen molar-refractivity contribution in [1.29, 1.82) is 0 Å². The van der Waals surface area contributed by atoms with Gasteiger partial charge in [0.05, 0.1) is 10.9 Å². The number of nitrogens with zero attached hydrogens (tertiary/aromatic N) is 3. The third-order valence-electron chi connectivity index (χ3n) is 4.81. The summed E-state index contributed by atoms with van der Waals surface area (Å²) in [5.41, 5.74) is 2.75. The molecule has 0 aliphatic carbocycles. The summed E-state index contributed by atoms with van der Waals surface area (Å²) in [6.45, 7) is 3.11. The first kappa shape index (κ1) is 17.7. The summed E-state index contributed by atoms with van der Waals surface area (Å²) >= 11 is 5.70. The lowest BCUT2D eigenvalue weighted by atomic mass is 10.1. The quantitative estimate of drug-likeness (QED) is 0.669. The number of aryl methyl sites for hydroxylation is 1. The van der Waals surface area contributed by atoms with Crippen molar-refractivity contribution in [3.63, 3.8) is 0 Å². The van der Waals surface area contributed by atoms with Gasteiger partial charge in [-0.25, -0.2) is 4.39 Å². The Morgan fingerprint density at radius 2 is 2.11 bits per heavy atom. The number of hydrogen-bond donors (Lipinski definition) is 0. The van der Waals surface area contributed by atoms with E-state index in [4.69, 9.17) is 16.1 Å². The lowest BCUT2D eigenvalue weighted by molar-refractivity contribution is -0.128. The first-order valence-corrected chi connectivity index (χ1v) is 9.00. The van der Waals surface area contributed by atoms with Crippen LogP contribution in [0, 0.1) is 12.7 Å². The Bertz CT molecular complexity index is 1000. The van der Waals surface area contributed by atoms with Crippen LogP contribution < -0.4 is 0 Å². The number of aromatic nitrogens is 2. The van der Waals surface area contributed by atoms with Crippen molar-refractivity contribution in [2.75, 3.05) is 6.54 Å². The molecule has 1 amide bonds. The van der Waals surface area contributed by atoms with E-state index in [0.717, 1.165) is 11.1 Å². The number of carbonyl (C=O) groups excluding carboxylic acids is 1. The molecular weight excluding hydrogens is 369 g/mol. The van der Waals surface area contributed by atoms with Gasteiger partial charge >= 0.3 is 0 Å². The Hall–Kier alpha value is -2.73. The number of rotatable bonds is 4. The Kier molecular flexibility index (Phi) is 4.66. The van der Waals surface area contributed by atoms with Gasteiger partial charge in [-0.05, 0) is 36.2 Å². The molecule has 1 aliphatic rings. The molecule has 27 heavy (non-hydrogen) atoms. The van der Waals surface area contributed by atoms with Gasteiger partial charge < -0.3 is 9.42 Å². The second kappa shape index (κ2) is 7.12. The molecule has 0 N–H and O–H groups in total. The number of likely N-dealkylation sites (tertiary alicyclic amines) is 1. The Morgan fingerprint density at radius 3 is 2.89 bits per heavy atom. The molecule has 1 fully saturated rings. The zero-order valence-electron chi connectivity index (χ0n) is 14.7. The van der Waals surface area contributed by atoms with E-state index in [2.05, 4.69) is 10.1 Å². The zero-order valence-corrected chi connectivity index (χ0v) is 15.4. The standard InChI is InChI=1S/C20H17ClFN3O2/c1-12-4-2-3-5-14(12)10-25-11-15(9-18(25)26)20-23-19(24-27-20)13-6-7-16(21)17(22)8-13/h2-8,15H,9-11H2,1H3. The van der Waals surface area contributed by atoms with Crippen LogP contribution in [0.2, 0.25) is 5.02 Å². The lowest BCUT2D eigenvalue weighted by Gasteiger charge is -2.17. The van der Waals surface area contributed by atoms with Crippen molar-refractivity contribution < 1.29 is 13.7 Å². The number of halogens is 2. The molecule has 1 aliphatic heterocycles.